The highest BCUT2D eigenvalue weighted by Crippen LogP contribution is 2.30. The molecule has 0 saturated carbocycles. The molecule has 2 rings (SSSR count). The van der Waals surface area contributed by atoms with E-state index in [2.05, 4.69) is 0 Å². The summed E-state index contributed by atoms with van der Waals surface area (Å²) in [6.45, 7) is 0. The maximum atomic E-state index is 10.9. The second kappa shape index (κ2) is 6.42. The van der Waals surface area contributed by atoms with Crippen molar-refractivity contribution in [2.24, 2.45) is 0 Å². The van der Waals surface area contributed by atoms with Crippen LogP contribution in [0.4, 0.5) is 0 Å². The van der Waals surface area contributed by atoms with E-state index in [1.54, 1.807) is 0 Å². The number of rotatable bonds is 5. The first kappa shape index (κ1) is 14.4. The van der Waals surface area contributed by atoms with Crippen molar-refractivity contribution in [3.63, 3.8) is 0 Å². The summed E-state index contributed by atoms with van der Waals surface area (Å²) in [5.41, 5.74) is 1.00. The van der Waals surface area contributed by atoms with Gasteiger partial charge in [-0.15, -0.1) is 11.6 Å². The van der Waals surface area contributed by atoms with E-state index < -0.39 is 5.60 Å². The first-order valence-corrected chi connectivity index (χ1v) is 7.14. The second-order valence-electron chi connectivity index (χ2n) is 4.64. The Hall–Kier alpha value is -1.02. The first-order chi connectivity index (χ1) is 9.14. The molecule has 1 unspecified atom stereocenters. The Balaban J connectivity index is 2.27. The summed E-state index contributed by atoms with van der Waals surface area (Å²) in [4.78, 5) is 0. The molecule has 1 nitrogen and oxygen atoms in total. The predicted molar refractivity (Wildman–Crippen MR) is 80.8 cm³/mol. The molecule has 2 aromatic rings. The van der Waals surface area contributed by atoms with Gasteiger partial charge < -0.3 is 5.11 Å². The van der Waals surface area contributed by atoms with Crippen molar-refractivity contribution in [1.29, 1.82) is 0 Å². The molecule has 19 heavy (non-hydrogen) atoms. The van der Waals surface area contributed by atoms with Crippen LogP contribution in [0.1, 0.15) is 17.5 Å². The molecular weight excluding hydrogens is 279 g/mol. The van der Waals surface area contributed by atoms with Crippen molar-refractivity contribution in [3.8, 4) is 0 Å². The van der Waals surface area contributed by atoms with Gasteiger partial charge >= 0.3 is 0 Å². The molecule has 0 aromatic heterocycles. The normalized spacial score (nSPS) is 14.1. The molecule has 1 atom stereocenters. The maximum absolute atomic E-state index is 10.9. The molecule has 0 aliphatic rings. The van der Waals surface area contributed by atoms with Crippen LogP contribution in [-0.2, 0) is 12.0 Å². The van der Waals surface area contributed by atoms with Crippen molar-refractivity contribution in [3.05, 3.63) is 70.7 Å². The summed E-state index contributed by atoms with van der Waals surface area (Å²) in [6, 6.07) is 17.2. The summed E-state index contributed by atoms with van der Waals surface area (Å²) < 4.78 is 0. The summed E-state index contributed by atoms with van der Waals surface area (Å²) in [5, 5.41) is 11.6. The van der Waals surface area contributed by atoms with Crippen LogP contribution in [-0.4, -0.2) is 11.0 Å². The average Bonchev–Trinajstić information content (AvgIpc) is 2.43. The number of benzene rings is 2. The van der Waals surface area contributed by atoms with Crippen LogP contribution >= 0.6 is 23.2 Å². The standard InChI is InChI=1S/C16H16Cl2O/c17-11-10-16(19,14-4-2-1-3-5-14)12-13-6-8-15(18)9-7-13/h1-9,19H,10-12H2. The fourth-order valence-corrected chi connectivity index (χ4v) is 2.62. The van der Waals surface area contributed by atoms with Crippen molar-refractivity contribution in [2.45, 2.75) is 18.4 Å². The van der Waals surface area contributed by atoms with Crippen LogP contribution in [0.3, 0.4) is 0 Å². The van der Waals surface area contributed by atoms with Gasteiger partial charge in [-0.2, -0.15) is 0 Å². The minimum absolute atomic E-state index is 0.416. The van der Waals surface area contributed by atoms with Gasteiger partial charge in [0.1, 0.15) is 0 Å². The molecule has 1 N–H and O–H groups in total. The molecule has 100 valence electrons. The minimum atomic E-state index is -0.934. The summed E-state index contributed by atoms with van der Waals surface area (Å²) in [5.74, 6) is 0.416. The molecular formula is C16H16Cl2O. The van der Waals surface area contributed by atoms with Crippen LogP contribution < -0.4 is 0 Å². The number of hydrogen-bond acceptors (Lipinski definition) is 1. The van der Waals surface area contributed by atoms with E-state index in [9.17, 15) is 5.11 Å². The molecule has 2 aromatic carbocycles. The van der Waals surface area contributed by atoms with Crippen molar-refractivity contribution in [2.75, 3.05) is 5.88 Å². The van der Waals surface area contributed by atoms with Crippen molar-refractivity contribution < 1.29 is 5.11 Å². The topological polar surface area (TPSA) is 20.2 Å². The van der Waals surface area contributed by atoms with E-state index in [4.69, 9.17) is 23.2 Å². The molecule has 0 saturated heterocycles. The Morgan fingerprint density at radius 1 is 0.947 bits per heavy atom. The highest BCUT2D eigenvalue weighted by atomic mass is 35.5. The third kappa shape index (κ3) is 3.73. The smallest absolute Gasteiger partial charge is 0.0948 e. The van der Waals surface area contributed by atoms with E-state index in [0.29, 0.717) is 23.7 Å². The third-order valence-corrected chi connectivity index (χ3v) is 3.67. The molecule has 0 aliphatic carbocycles. The van der Waals surface area contributed by atoms with E-state index >= 15 is 0 Å². The zero-order valence-corrected chi connectivity index (χ0v) is 12.0. The summed E-state index contributed by atoms with van der Waals surface area (Å²) >= 11 is 11.7. The van der Waals surface area contributed by atoms with Gasteiger partial charge in [0.05, 0.1) is 5.60 Å². The van der Waals surface area contributed by atoms with Crippen LogP contribution in [0.2, 0.25) is 5.02 Å². The van der Waals surface area contributed by atoms with Gasteiger partial charge in [0.15, 0.2) is 0 Å². The number of halogens is 2. The Bertz CT molecular complexity index is 510. The number of hydrogen-bond donors (Lipinski definition) is 1. The summed E-state index contributed by atoms with van der Waals surface area (Å²) in [6.07, 6.45) is 1.04. The van der Waals surface area contributed by atoms with Gasteiger partial charge in [0.25, 0.3) is 0 Å². The van der Waals surface area contributed by atoms with Gasteiger partial charge in [-0.05, 0) is 29.7 Å². The quantitative estimate of drug-likeness (QED) is 0.811. The molecule has 0 fully saturated rings. The SMILES string of the molecule is OC(CCCl)(Cc1ccc(Cl)cc1)c1ccccc1. The molecule has 3 heteroatoms. The average molecular weight is 295 g/mol. The van der Waals surface area contributed by atoms with E-state index in [0.717, 1.165) is 11.1 Å². The Morgan fingerprint density at radius 3 is 2.16 bits per heavy atom. The third-order valence-electron chi connectivity index (χ3n) is 3.23. The molecule has 0 amide bonds. The van der Waals surface area contributed by atoms with Gasteiger partial charge in [-0.1, -0.05) is 54.1 Å². The van der Waals surface area contributed by atoms with Crippen LogP contribution in [0.5, 0.6) is 0 Å². The largest absolute Gasteiger partial charge is 0.385 e. The van der Waals surface area contributed by atoms with Gasteiger partial charge in [-0.25, -0.2) is 0 Å². The number of aliphatic hydroxyl groups is 1. The zero-order valence-electron chi connectivity index (χ0n) is 10.5. The summed E-state index contributed by atoms with van der Waals surface area (Å²) in [7, 11) is 0. The lowest BCUT2D eigenvalue weighted by atomic mass is 9.85. The lowest BCUT2D eigenvalue weighted by Gasteiger charge is -2.28. The predicted octanol–water partition coefficient (Wildman–Crippen LogP) is 4.40. The van der Waals surface area contributed by atoms with Crippen LogP contribution in [0.15, 0.2) is 54.6 Å². The highest BCUT2D eigenvalue weighted by molar-refractivity contribution is 6.30. The molecule has 0 bridgehead atoms. The molecule has 0 spiro atoms. The Kier molecular flexibility index (Phi) is 4.87. The highest BCUT2D eigenvalue weighted by Gasteiger charge is 2.28. The molecule has 0 heterocycles. The fourth-order valence-electron chi connectivity index (χ4n) is 2.18. The Morgan fingerprint density at radius 2 is 1.58 bits per heavy atom. The van der Waals surface area contributed by atoms with Crippen molar-refractivity contribution >= 4 is 23.2 Å². The first-order valence-electron chi connectivity index (χ1n) is 6.22. The lowest BCUT2D eigenvalue weighted by molar-refractivity contribution is 0.0336. The van der Waals surface area contributed by atoms with Gasteiger partial charge in [0.2, 0.25) is 0 Å². The van der Waals surface area contributed by atoms with Gasteiger partial charge in [-0.3, -0.25) is 0 Å². The lowest BCUT2D eigenvalue weighted by Crippen LogP contribution is -2.29. The molecule has 0 radical (unpaired) electrons. The molecule has 0 aliphatic heterocycles. The zero-order chi connectivity index (χ0) is 13.7. The Labute approximate surface area is 123 Å². The van der Waals surface area contributed by atoms with Crippen molar-refractivity contribution in [1.82, 2.24) is 0 Å². The number of alkyl halides is 1. The second-order valence-corrected chi connectivity index (χ2v) is 5.45. The maximum Gasteiger partial charge on any atom is 0.0948 e. The van der Waals surface area contributed by atoms with Crippen LogP contribution in [0.25, 0.3) is 0 Å². The van der Waals surface area contributed by atoms with E-state index in [1.165, 1.54) is 0 Å². The minimum Gasteiger partial charge on any atom is -0.385 e. The van der Waals surface area contributed by atoms with Crippen LogP contribution in [0, 0.1) is 0 Å². The monoisotopic (exact) mass is 294 g/mol. The van der Waals surface area contributed by atoms with E-state index in [-0.39, 0.29) is 0 Å². The van der Waals surface area contributed by atoms with Gasteiger partial charge in [0, 0.05) is 17.3 Å². The van der Waals surface area contributed by atoms with E-state index in [1.807, 2.05) is 54.6 Å². The fraction of sp³-hybridized carbons (Fsp3) is 0.250.